The molecule has 0 fully saturated rings. The van der Waals surface area contributed by atoms with Gasteiger partial charge >= 0.3 is 0 Å². The second-order valence-corrected chi connectivity index (χ2v) is 3.65. The van der Waals surface area contributed by atoms with Gasteiger partial charge < -0.3 is 4.74 Å². The number of hydrogen-bond acceptors (Lipinski definition) is 2. The lowest BCUT2D eigenvalue weighted by molar-refractivity contribution is 0.102. The van der Waals surface area contributed by atoms with Crippen LogP contribution in [0.25, 0.3) is 0 Å². The second kappa shape index (κ2) is 5.76. The van der Waals surface area contributed by atoms with Crippen LogP contribution in [0.2, 0.25) is 0 Å². The first-order valence-electron chi connectivity index (χ1n) is 5.01. The normalized spacial score (nSPS) is 10.1. The minimum absolute atomic E-state index is 0.0238. The Bertz CT molecular complexity index is 347. The van der Waals surface area contributed by atoms with Gasteiger partial charge in [-0.3, -0.25) is 4.79 Å². The van der Waals surface area contributed by atoms with E-state index >= 15 is 0 Å². The molecule has 0 aromatic heterocycles. The maximum atomic E-state index is 11.4. The van der Waals surface area contributed by atoms with Crippen LogP contribution in [0.4, 0.5) is 0 Å². The molecule has 0 saturated heterocycles. The number of halogens is 1. The molecule has 1 aromatic rings. The maximum absolute atomic E-state index is 11.4. The monoisotopic (exact) mass is 226 g/mol. The van der Waals surface area contributed by atoms with Crippen LogP contribution in [0.1, 0.15) is 29.3 Å². The molecule has 82 valence electrons. The fourth-order valence-electron chi connectivity index (χ4n) is 1.33. The van der Waals surface area contributed by atoms with Crippen LogP contribution in [0, 0.1) is 6.92 Å². The molecule has 2 nitrogen and oxygen atoms in total. The van der Waals surface area contributed by atoms with E-state index in [1.807, 2.05) is 19.1 Å². The number of rotatable bonds is 5. The van der Waals surface area contributed by atoms with Crippen molar-refractivity contribution in [2.75, 3.05) is 12.5 Å². The molecule has 1 rings (SSSR count). The Kier molecular flexibility index (Phi) is 4.63. The van der Waals surface area contributed by atoms with Crippen LogP contribution in [-0.2, 0) is 0 Å². The van der Waals surface area contributed by atoms with Gasteiger partial charge in [0, 0.05) is 5.56 Å². The van der Waals surface area contributed by atoms with Crippen molar-refractivity contribution in [3.05, 3.63) is 29.3 Å². The zero-order valence-electron chi connectivity index (χ0n) is 9.05. The minimum atomic E-state index is -0.0452. The number of alkyl halides is 1. The predicted octanol–water partition coefficient (Wildman–Crippen LogP) is 3.21. The molecule has 0 aliphatic rings. The first kappa shape index (κ1) is 12.1. The smallest absolute Gasteiger partial charge is 0.177 e. The van der Waals surface area contributed by atoms with Crippen LogP contribution in [-0.4, -0.2) is 18.3 Å². The molecule has 0 amide bonds. The third-order valence-electron chi connectivity index (χ3n) is 2.09. The summed E-state index contributed by atoms with van der Waals surface area (Å²) < 4.78 is 5.46. The largest absolute Gasteiger partial charge is 0.494 e. The van der Waals surface area contributed by atoms with Gasteiger partial charge in [-0.05, 0) is 37.1 Å². The molecule has 0 spiro atoms. The van der Waals surface area contributed by atoms with Crippen molar-refractivity contribution in [3.8, 4) is 5.75 Å². The summed E-state index contributed by atoms with van der Waals surface area (Å²) in [6, 6.07) is 5.45. The van der Waals surface area contributed by atoms with E-state index in [0.717, 1.165) is 17.7 Å². The van der Waals surface area contributed by atoms with E-state index in [1.165, 1.54) is 0 Å². The van der Waals surface area contributed by atoms with Crippen molar-refractivity contribution in [1.82, 2.24) is 0 Å². The number of carbonyl (C=O) groups excluding carboxylic acids is 1. The molecule has 0 saturated carbocycles. The summed E-state index contributed by atoms with van der Waals surface area (Å²) in [7, 11) is 0. The molecule has 0 unspecified atom stereocenters. The van der Waals surface area contributed by atoms with Gasteiger partial charge in [0.05, 0.1) is 12.5 Å². The van der Waals surface area contributed by atoms with E-state index in [9.17, 15) is 4.79 Å². The van der Waals surface area contributed by atoms with Gasteiger partial charge in [-0.1, -0.05) is 6.92 Å². The summed E-state index contributed by atoms with van der Waals surface area (Å²) in [5.41, 5.74) is 1.59. The highest BCUT2D eigenvalue weighted by Crippen LogP contribution is 2.18. The Balaban J connectivity index is 2.83. The zero-order valence-corrected chi connectivity index (χ0v) is 9.80. The van der Waals surface area contributed by atoms with Gasteiger partial charge in [0.25, 0.3) is 0 Å². The molecule has 3 heteroatoms. The molecule has 1 aromatic carbocycles. The van der Waals surface area contributed by atoms with E-state index in [0.29, 0.717) is 12.2 Å². The van der Waals surface area contributed by atoms with Crippen LogP contribution in [0.3, 0.4) is 0 Å². The van der Waals surface area contributed by atoms with E-state index < -0.39 is 0 Å². The van der Waals surface area contributed by atoms with E-state index in [1.54, 1.807) is 6.07 Å². The second-order valence-electron chi connectivity index (χ2n) is 3.38. The van der Waals surface area contributed by atoms with Gasteiger partial charge in [0.15, 0.2) is 5.78 Å². The number of ether oxygens (including phenoxy) is 1. The van der Waals surface area contributed by atoms with E-state index in [2.05, 4.69) is 6.92 Å². The highest BCUT2D eigenvalue weighted by Gasteiger charge is 2.08. The average Bonchev–Trinajstić information content (AvgIpc) is 2.25. The van der Waals surface area contributed by atoms with E-state index in [4.69, 9.17) is 16.3 Å². The zero-order chi connectivity index (χ0) is 11.3. The lowest BCUT2D eigenvalue weighted by Crippen LogP contribution is -2.03. The Morgan fingerprint density at radius 1 is 1.47 bits per heavy atom. The minimum Gasteiger partial charge on any atom is -0.494 e. The summed E-state index contributed by atoms with van der Waals surface area (Å²) in [6.07, 6.45) is 0.974. The maximum Gasteiger partial charge on any atom is 0.177 e. The number of benzene rings is 1. The quantitative estimate of drug-likeness (QED) is 0.569. The number of hydrogen-bond donors (Lipinski definition) is 0. The van der Waals surface area contributed by atoms with Crippen LogP contribution < -0.4 is 4.74 Å². The Morgan fingerprint density at radius 3 is 2.73 bits per heavy atom. The van der Waals surface area contributed by atoms with Gasteiger partial charge in [-0.15, -0.1) is 11.6 Å². The first-order valence-corrected chi connectivity index (χ1v) is 5.55. The molecule has 0 aliphatic heterocycles. The van der Waals surface area contributed by atoms with Gasteiger partial charge in [0.1, 0.15) is 5.75 Å². The SMILES string of the molecule is CCCOc1ccc(C(=O)CCl)c(C)c1. The van der Waals surface area contributed by atoms with Gasteiger partial charge in [0.2, 0.25) is 0 Å². The molecule has 0 bridgehead atoms. The molecule has 0 N–H and O–H groups in total. The topological polar surface area (TPSA) is 26.3 Å². The third kappa shape index (κ3) is 3.24. The number of ketones is 1. The Hall–Kier alpha value is -1.02. The van der Waals surface area contributed by atoms with Crippen LogP contribution in [0.15, 0.2) is 18.2 Å². The van der Waals surface area contributed by atoms with Crippen LogP contribution >= 0.6 is 11.6 Å². The molecular formula is C12H15ClO2. The van der Waals surface area contributed by atoms with Crippen molar-refractivity contribution in [1.29, 1.82) is 0 Å². The van der Waals surface area contributed by atoms with Crippen molar-refractivity contribution < 1.29 is 9.53 Å². The molecule has 0 heterocycles. The molecule has 0 atom stereocenters. The molecular weight excluding hydrogens is 212 g/mol. The van der Waals surface area contributed by atoms with Crippen molar-refractivity contribution in [2.24, 2.45) is 0 Å². The fraction of sp³-hybridized carbons (Fsp3) is 0.417. The summed E-state index contributed by atoms with van der Waals surface area (Å²) in [5, 5.41) is 0. The fourth-order valence-corrected chi connectivity index (χ4v) is 1.47. The Labute approximate surface area is 95.2 Å². The highest BCUT2D eigenvalue weighted by molar-refractivity contribution is 6.30. The molecule has 0 aliphatic carbocycles. The van der Waals surface area contributed by atoms with Crippen molar-refractivity contribution >= 4 is 17.4 Å². The number of Topliss-reactive ketones (excluding diaryl/α,β-unsaturated/α-hetero) is 1. The summed E-state index contributed by atoms with van der Waals surface area (Å²) >= 11 is 5.50. The third-order valence-corrected chi connectivity index (χ3v) is 2.34. The van der Waals surface area contributed by atoms with Crippen molar-refractivity contribution in [3.63, 3.8) is 0 Å². The highest BCUT2D eigenvalue weighted by atomic mass is 35.5. The van der Waals surface area contributed by atoms with Gasteiger partial charge in [-0.2, -0.15) is 0 Å². The van der Waals surface area contributed by atoms with Crippen LogP contribution in [0.5, 0.6) is 5.75 Å². The summed E-state index contributed by atoms with van der Waals surface area (Å²) in [4.78, 5) is 11.4. The number of aryl methyl sites for hydroxylation is 1. The average molecular weight is 227 g/mol. The lowest BCUT2D eigenvalue weighted by atomic mass is 10.1. The van der Waals surface area contributed by atoms with E-state index in [-0.39, 0.29) is 11.7 Å². The molecule has 15 heavy (non-hydrogen) atoms. The Morgan fingerprint density at radius 2 is 2.20 bits per heavy atom. The molecule has 0 radical (unpaired) electrons. The summed E-state index contributed by atoms with van der Waals surface area (Å²) in [5.74, 6) is 0.785. The summed E-state index contributed by atoms with van der Waals surface area (Å²) in [6.45, 7) is 4.64. The van der Waals surface area contributed by atoms with Crippen molar-refractivity contribution in [2.45, 2.75) is 20.3 Å². The standard InChI is InChI=1S/C12H15ClO2/c1-3-6-15-10-4-5-11(9(2)7-10)12(14)8-13/h4-5,7H,3,6,8H2,1-2H3. The first-order chi connectivity index (χ1) is 7.19. The van der Waals surface area contributed by atoms with Gasteiger partial charge in [-0.25, -0.2) is 0 Å². The number of carbonyl (C=O) groups is 1. The predicted molar refractivity (Wildman–Crippen MR) is 62.0 cm³/mol. The lowest BCUT2D eigenvalue weighted by Gasteiger charge is -2.07.